The smallest absolute Gasteiger partial charge is 0.146 e. The summed E-state index contributed by atoms with van der Waals surface area (Å²) in [6.07, 6.45) is 4.01. The third-order valence-corrected chi connectivity index (χ3v) is 3.10. The summed E-state index contributed by atoms with van der Waals surface area (Å²) in [5.74, 6) is 0.329. The highest BCUT2D eigenvalue weighted by Gasteiger charge is 2.20. The normalized spacial score (nSPS) is 15.1. The van der Waals surface area contributed by atoms with Gasteiger partial charge in [0.2, 0.25) is 0 Å². The SMILES string of the molecule is Cc1ccccc1CCC(=O)CNC1CC1. The zero-order valence-corrected chi connectivity index (χ0v) is 9.83. The van der Waals surface area contributed by atoms with Crippen LogP contribution in [0.2, 0.25) is 0 Å². The van der Waals surface area contributed by atoms with Crippen LogP contribution in [0.4, 0.5) is 0 Å². The average molecular weight is 217 g/mol. The van der Waals surface area contributed by atoms with Crippen LogP contribution >= 0.6 is 0 Å². The van der Waals surface area contributed by atoms with E-state index in [1.54, 1.807) is 0 Å². The third kappa shape index (κ3) is 3.46. The van der Waals surface area contributed by atoms with Crippen molar-refractivity contribution in [2.45, 2.75) is 38.6 Å². The first kappa shape index (κ1) is 11.3. The van der Waals surface area contributed by atoms with Crippen LogP contribution in [-0.2, 0) is 11.2 Å². The molecule has 16 heavy (non-hydrogen) atoms. The van der Waals surface area contributed by atoms with Crippen molar-refractivity contribution >= 4 is 5.78 Å². The van der Waals surface area contributed by atoms with E-state index in [1.807, 2.05) is 12.1 Å². The molecule has 0 unspecified atom stereocenters. The molecule has 0 aliphatic heterocycles. The van der Waals surface area contributed by atoms with E-state index in [-0.39, 0.29) is 0 Å². The number of hydrogen-bond donors (Lipinski definition) is 1. The highest BCUT2D eigenvalue weighted by molar-refractivity contribution is 5.80. The largest absolute Gasteiger partial charge is 0.307 e. The van der Waals surface area contributed by atoms with Crippen molar-refractivity contribution in [1.82, 2.24) is 5.32 Å². The predicted octanol–water partition coefficient (Wildman–Crippen LogP) is 2.25. The Bertz CT molecular complexity index is 369. The van der Waals surface area contributed by atoms with Crippen molar-refractivity contribution in [3.8, 4) is 0 Å². The number of carbonyl (C=O) groups excluding carboxylic acids is 1. The quantitative estimate of drug-likeness (QED) is 0.792. The molecule has 0 bridgehead atoms. The topological polar surface area (TPSA) is 29.1 Å². The van der Waals surface area contributed by atoms with Crippen LogP contribution in [0.3, 0.4) is 0 Å². The lowest BCUT2D eigenvalue weighted by atomic mass is 10.0. The Kier molecular flexibility index (Phi) is 3.73. The zero-order valence-electron chi connectivity index (χ0n) is 9.83. The van der Waals surface area contributed by atoms with E-state index in [0.29, 0.717) is 24.8 Å². The van der Waals surface area contributed by atoms with Crippen molar-refractivity contribution in [2.24, 2.45) is 0 Å². The predicted molar refractivity (Wildman–Crippen MR) is 65.5 cm³/mol. The number of carbonyl (C=O) groups is 1. The Balaban J connectivity index is 1.73. The second-order valence-corrected chi connectivity index (χ2v) is 4.62. The van der Waals surface area contributed by atoms with E-state index < -0.39 is 0 Å². The minimum absolute atomic E-state index is 0.329. The summed E-state index contributed by atoms with van der Waals surface area (Å²) in [7, 11) is 0. The molecule has 0 amide bonds. The van der Waals surface area contributed by atoms with Crippen molar-refractivity contribution in [3.63, 3.8) is 0 Å². The lowest BCUT2D eigenvalue weighted by molar-refractivity contribution is -0.118. The molecule has 0 radical (unpaired) electrons. The highest BCUT2D eigenvalue weighted by Crippen LogP contribution is 2.18. The molecule has 1 aromatic carbocycles. The van der Waals surface area contributed by atoms with Gasteiger partial charge in [-0.1, -0.05) is 24.3 Å². The van der Waals surface area contributed by atoms with Crippen molar-refractivity contribution in [1.29, 1.82) is 0 Å². The monoisotopic (exact) mass is 217 g/mol. The first-order chi connectivity index (χ1) is 7.75. The number of nitrogens with one attached hydrogen (secondary N) is 1. The van der Waals surface area contributed by atoms with Crippen LogP contribution < -0.4 is 5.32 Å². The molecular formula is C14H19NO. The van der Waals surface area contributed by atoms with Gasteiger partial charge < -0.3 is 5.32 Å². The average Bonchev–Trinajstić information content (AvgIpc) is 3.09. The molecule has 0 atom stereocenters. The fourth-order valence-electron chi connectivity index (χ4n) is 1.80. The Morgan fingerprint density at radius 2 is 2.12 bits per heavy atom. The minimum atomic E-state index is 0.329. The molecule has 0 aromatic heterocycles. The summed E-state index contributed by atoms with van der Waals surface area (Å²) >= 11 is 0. The van der Waals surface area contributed by atoms with Gasteiger partial charge in [-0.15, -0.1) is 0 Å². The van der Waals surface area contributed by atoms with Crippen LogP contribution in [0.5, 0.6) is 0 Å². The number of rotatable bonds is 6. The second-order valence-electron chi connectivity index (χ2n) is 4.62. The Hall–Kier alpha value is -1.15. The van der Waals surface area contributed by atoms with Gasteiger partial charge in [-0.05, 0) is 37.3 Å². The van der Waals surface area contributed by atoms with E-state index in [9.17, 15) is 4.79 Å². The maximum atomic E-state index is 11.6. The Labute approximate surface area is 97.1 Å². The van der Waals surface area contributed by atoms with Crippen molar-refractivity contribution in [2.75, 3.05) is 6.54 Å². The van der Waals surface area contributed by atoms with Crippen LogP contribution in [0, 0.1) is 6.92 Å². The highest BCUT2D eigenvalue weighted by atomic mass is 16.1. The van der Waals surface area contributed by atoms with Gasteiger partial charge in [0.05, 0.1) is 6.54 Å². The van der Waals surface area contributed by atoms with Gasteiger partial charge in [0.25, 0.3) is 0 Å². The van der Waals surface area contributed by atoms with Gasteiger partial charge >= 0.3 is 0 Å². The van der Waals surface area contributed by atoms with E-state index in [2.05, 4.69) is 24.4 Å². The minimum Gasteiger partial charge on any atom is -0.307 e. The van der Waals surface area contributed by atoms with Gasteiger partial charge in [-0.25, -0.2) is 0 Å². The first-order valence-corrected chi connectivity index (χ1v) is 6.05. The first-order valence-electron chi connectivity index (χ1n) is 6.05. The van der Waals surface area contributed by atoms with Gasteiger partial charge in [0, 0.05) is 12.5 Å². The number of hydrogen-bond acceptors (Lipinski definition) is 2. The third-order valence-electron chi connectivity index (χ3n) is 3.10. The van der Waals surface area contributed by atoms with E-state index in [1.165, 1.54) is 24.0 Å². The number of ketones is 1. The maximum absolute atomic E-state index is 11.6. The molecule has 86 valence electrons. The van der Waals surface area contributed by atoms with Gasteiger partial charge in [-0.3, -0.25) is 4.79 Å². The van der Waals surface area contributed by atoms with E-state index in [0.717, 1.165) is 6.42 Å². The molecule has 1 aromatic rings. The summed E-state index contributed by atoms with van der Waals surface area (Å²) in [6, 6.07) is 8.91. The molecule has 0 heterocycles. The maximum Gasteiger partial charge on any atom is 0.146 e. The number of Topliss-reactive ketones (excluding diaryl/α,β-unsaturated/α-hetero) is 1. The molecule has 1 fully saturated rings. The molecule has 1 aliphatic carbocycles. The van der Waals surface area contributed by atoms with Gasteiger partial charge in [-0.2, -0.15) is 0 Å². The molecule has 0 saturated heterocycles. The molecule has 2 heteroatoms. The summed E-state index contributed by atoms with van der Waals surface area (Å²) < 4.78 is 0. The van der Waals surface area contributed by atoms with Crippen molar-refractivity contribution < 1.29 is 4.79 Å². The molecular weight excluding hydrogens is 198 g/mol. The summed E-state index contributed by atoms with van der Waals surface area (Å²) in [5.41, 5.74) is 2.58. The number of benzene rings is 1. The molecule has 1 aliphatic rings. The number of aryl methyl sites for hydroxylation is 2. The lowest BCUT2D eigenvalue weighted by Crippen LogP contribution is -2.24. The standard InChI is InChI=1S/C14H19NO/c1-11-4-2-3-5-12(11)6-9-14(16)10-15-13-7-8-13/h2-5,13,15H,6-10H2,1H3. The van der Waals surface area contributed by atoms with Gasteiger partial charge in [0.1, 0.15) is 5.78 Å². The Morgan fingerprint density at radius 1 is 1.38 bits per heavy atom. The molecule has 1 saturated carbocycles. The van der Waals surface area contributed by atoms with Crippen molar-refractivity contribution in [3.05, 3.63) is 35.4 Å². The van der Waals surface area contributed by atoms with E-state index >= 15 is 0 Å². The van der Waals surface area contributed by atoms with Crippen LogP contribution in [0.15, 0.2) is 24.3 Å². The lowest BCUT2D eigenvalue weighted by Gasteiger charge is -2.05. The molecule has 1 N–H and O–H groups in total. The van der Waals surface area contributed by atoms with E-state index in [4.69, 9.17) is 0 Å². The summed E-state index contributed by atoms with van der Waals surface area (Å²) in [6.45, 7) is 2.65. The fraction of sp³-hybridized carbons (Fsp3) is 0.500. The summed E-state index contributed by atoms with van der Waals surface area (Å²) in [5, 5.41) is 3.26. The second kappa shape index (κ2) is 5.26. The Morgan fingerprint density at radius 3 is 2.81 bits per heavy atom. The summed E-state index contributed by atoms with van der Waals surface area (Å²) in [4.78, 5) is 11.6. The molecule has 2 rings (SSSR count). The molecule has 2 nitrogen and oxygen atoms in total. The van der Waals surface area contributed by atoms with Crippen LogP contribution in [0.25, 0.3) is 0 Å². The zero-order chi connectivity index (χ0) is 11.4. The van der Waals surface area contributed by atoms with Crippen LogP contribution in [-0.4, -0.2) is 18.4 Å². The fourth-order valence-corrected chi connectivity index (χ4v) is 1.80. The van der Waals surface area contributed by atoms with Gasteiger partial charge in [0.15, 0.2) is 0 Å². The van der Waals surface area contributed by atoms with Crippen LogP contribution in [0.1, 0.15) is 30.4 Å². The molecule has 0 spiro atoms.